The third kappa shape index (κ3) is 4.59. The zero-order valence-electron chi connectivity index (χ0n) is 17.4. The van der Waals surface area contributed by atoms with Crippen LogP contribution in [0.1, 0.15) is 11.3 Å². The molecule has 0 saturated heterocycles. The van der Waals surface area contributed by atoms with Crippen LogP contribution in [0.15, 0.2) is 76.3 Å². The van der Waals surface area contributed by atoms with Crippen molar-refractivity contribution < 1.29 is 18.5 Å². The maximum Gasteiger partial charge on any atom is 0.433 e. The summed E-state index contributed by atoms with van der Waals surface area (Å²) < 4.78 is 25.2. The molecule has 5 rings (SSSR count). The summed E-state index contributed by atoms with van der Waals surface area (Å²) in [6.45, 7) is 0. The molecule has 0 saturated carbocycles. The summed E-state index contributed by atoms with van der Waals surface area (Å²) in [5, 5.41) is 22.9. The first-order chi connectivity index (χ1) is 16.6. The Hall–Kier alpha value is -4.25. The van der Waals surface area contributed by atoms with Crippen LogP contribution in [-0.4, -0.2) is 26.3 Å². The molecule has 0 spiro atoms. The molecule has 0 fully saturated rings. The number of nitrogens with zero attached hydrogens (tertiary/aromatic N) is 4. The number of aromatic nitrogens is 3. The number of fused-ring (bicyclic) bond motifs is 3. The van der Waals surface area contributed by atoms with E-state index in [9.17, 15) is 14.5 Å². The van der Waals surface area contributed by atoms with Crippen LogP contribution < -0.4 is 10.1 Å². The zero-order chi connectivity index (χ0) is 23.5. The van der Waals surface area contributed by atoms with Gasteiger partial charge in [-0.3, -0.25) is 10.1 Å². The average Bonchev–Trinajstić information content (AvgIpc) is 3.26. The van der Waals surface area contributed by atoms with E-state index in [1.54, 1.807) is 30.4 Å². The number of nitrogens with one attached hydrogen (secondary N) is 1. The molecule has 1 N–H and O–H groups in total. The fraction of sp³-hybridized carbons (Fsp3) is 0.0870. The molecule has 3 heterocycles. The first-order valence-electron chi connectivity index (χ1n) is 10.1. The lowest BCUT2D eigenvalue weighted by atomic mass is 10.1. The summed E-state index contributed by atoms with van der Waals surface area (Å²) in [7, 11) is 0. The fourth-order valence-corrected chi connectivity index (χ4v) is 4.05. The number of halogens is 1. The Bertz CT molecular complexity index is 1390. The van der Waals surface area contributed by atoms with Gasteiger partial charge < -0.3 is 14.5 Å². The number of furan rings is 1. The number of benzene rings is 2. The molecule has 0 bridgehead atoms. The van der Waals surface area contributed by atoms with Crippen molar-refractivity contribution in [3.63, 3.8) is 0 Å². The van der Waals surface area contributed by atoms with Crippen LogP contribution in [0.3, 0.4) is 0 Å². The van der Waals surface area contributed by atoms with Gasteiger partial charge in [0.15, 0.2) is 11.9 Å². The van der Waals surface area contributed by atoms with Crippen LogP contribution in [0.25, 0.3) is 17.3 Å². The van der Waals surface area contributed by atoms with Crippen molar-refractivity contribution in [2.24, 2.45) is 0 Å². The van der Waals surface area contributed by atoms with E-state index >= 15 is 0 Å². The van der Waals surface area contributed by atoms with E-state index in [1.165, 1.54) is 30.0 Å². The fourth-order valence-electron chi connectivity index (χ4n) is 3.29. The third-order valence-corrected chi connectivity index (χ3v) is 5.78. The minimum atomic E-state index is -0.673. The van der Waals surface area contributed by atoms with Gasteiger partial charge in [-0.15, -0.1) is 10.2 Å². The van der Waals surface area contributed by atoms with Crippen molar-refractivity contribution in [2.75, 3.05) is 5.32 Å². The van der Waals surface area contributed by atoms with Crippen molar-refractivity contribution in [1.29, 1.82) is 0 Å². The van der Waals surface area contributed by atoms with E-state index in [0.717, 1.165) is 11.3 Å². The largest absolute Gasteiger partial charge is 0.448 e. The van der Waals surface area contributed by atoms with Gasteiger partial charge in [-0.1, -0.05) is 48.2 Å². The number of ether oxygens (including phenoxy) is 1. The molecule has 0 unspecified atom stereocenters. The lowest BCUT2D eigenvalue weighted by Crippen LogP contribution is -2.23. The Morgan fingerprint density at radius 1 is 1.12 bits per heavy atom. The number of hydrogen-bond donors (Lipinski definition) is 1. The number of rotatable bonds is 6. The van der Waals surface area contributed by atoms with Gasteiger partial charge in [0.05, 0.1) is 6.07 Å². The molecular weight excluding hydrogens is 461 g/mol. The number of thioether (sulfide) groups is 1. The van der Waals surface area contributed by atoms with E-state index in [1.807, 2.05) is 24.3 Å². The number of para-hydroxylation sites is 1. The lowest BCUT2D eigenvalue weighted by molar-refractivity contribution is -0.402. The third-order valence-electron chi connectivity index (χ3n) is 4.90. The SMILES string of the molecule is O=[N+]([O-])c1ccc(/C=C/[C@H]2Nc3ccccc3-c3nnc(SCc4ccccc4F)nc3O2)o1. The van der Waals surface area contributed by atoms with Crippen LogP contribution in [0.2, 0.25) is 0 Å². The second-order valence-corrected chi connectivity index (χ2v) is 8.09. The standard InChI is InChI=1S/C23H16FN5O4S/c24-17-7-3-1-5-14(17)13-34-23-26-22-21(27-28-23)16-6-2-4-8-18(16)25-19(33-22)11-9-15-10-12-20(32-15)29(30)31/h1-12,19,25H,13H2/b11-9+/t19-/m0/s1. The van der Waals surface area contributed by atoms with Crippen molar-refractivity contribution in [3.05, 3.63) is 94.0 Å². The highest BCUT2D eigenvalue weighted by Gasteiger charge is 2.24. The highest BCUT2D eigenvalue weighted by molar-refractivity contribution is 7.98. The molecule has 11 heteroatoms. The highest BCUT2D eigenvalue weighted by atomic mass is 32.2. The molecule has 34 heavy (non-hydrogen) atoms. The van der Waals surface area contributed by atoms with Crippen molar-refractivity contribution in [1.82, 2.24) is 15.2 Å². The predicted octanol–water partition coefficient (Wildman–Crippen LogP) is 5.32. The Kier molecular flexibility index (Phi) is 5.91. The van der Waals surface area contributed by atoms with Crippen molar-refractivity contribution >= 4 is 29.4 Å². The Morgan fingerprint density at radius 3 is 2.76 bits per heavy atom. The zero-order valence-corrected chi connectivity index (χ0v) is 18.2. The van der Waals surface area contributed by atoms with E-state index in [-0.39, 0.29) is 17.6 Å². The van der Waals surface area contributed by atoms with Crippen LogP contribution >= 0.6 is 11.8 Å². The van der Waals surface area contributed by atoms with Crippen LogP contribution in [0.4, 0.5) is 16.0 Å². The predicted molar refractivity (Wildman–Crippen MR) is 124 cm³/mol. The summed E-state index contributed by atoms with van der Waals surface area (Å²) in [5.41, 5.74) is 2.51. The summed E-state index contributed by atoms with van der Waals surface area (Å²) in [6, 6.07) is 16.8. The highest BCUT2D eigenvalue weighted by Crippen LogP contribution is 2.36. The molecule has 9 nitrogen and oxygen atoms in total. The summed E-state index contributed by atoms with van der Waals surface area (Å²) in [5.74, 6) is 0.247. The van der Waals surface area contributed by atoms with Gasteiger partial charge in [0.2, 0.25) is 11.0 Å². The van der Waals surface area contributed by atoms with Gasteiger partial charge in [0.25, 0.3) is 0 Å². The van der Waals surface area contributed by atoms with Gasteiger partial charge in [-0.2, -0.15) is 4.98 Å². The van der Waals surface area contributed by atoms with Crippen LogP contribution in [-0.2, 0) is 5.75 Å². The summed E-state index contributed by atoms with van der Waals surface area (Å²) in [4.78, 5) is 14.7. The maximum absolute atomic E-state index is 14.0. The minimum Gasteiger partial charge on any atom is -0.448 e. The Labute approximate surface area is 196 Å². The molecule has 0 radical (unpaired) electrons. The van der Waals surface area contributed by atoms with Gasteiger partial charge in [0, 0.05) is 17.0 Å². The maximum atomic E-state index is 14.0. The molecule has 1 atom stereocenters. The quantitative estimate of drug-likeness (QED) is 0.224. The first-order valence-corrected chi connectivity index (χ1v) is 11.1. The Morgan fingerprint density at radius 2 is 1.94 bits per heavy atom. The number of nitro groups is 1. The second kappa shape index (κ2) is 9.32. The monoisotopic (exact) mass is 477 g/mol. The topological polar surface area (TPSA) is 116 Å². The molecule has 1 aliphatic rings. The van der Waals surface area contributed by atoms with E-state index in [4.69, 9.17) is 9.15 Å². The molecule has 0 aliphatic carbocycles. The van der Waals surface area contributed by atoms with E-state index in [0.29, 0.717) is 27.9 Å². The average molecular weight is 477 g/mol. The molecular formula is C23H16FN5O4S. The van der Waals surface area contributed by atoms with Gasteiger partial charge in [-0.25, -0.2) is 4.39 Å². The summed E-state index contributed by atoms with van der Waals surface area (Å²) >= 11 is 1.24. The minimum absolute atomic E-state index is 0.253. The molecule has 2 aromatic carbocycles. The van der Waals surface area contributed by atoms with Crippen LogP contribution in [0.5, 0.6) is 5.88 Å². The van der Waals surface area contributed by atoms with E-state index < -0.39 is 11.2 Å². The molecule has 4 aromatic rings. The van der Waals surface area contributed by atoms with Crippen LogP contribution in [0, 0.1) is 15.9 Å². The number of anilines is 1. The van der Waals surface area contributed by atoms with Gasteiger partial charge in [0.1, 0.15) is 16.5 Å². The van der Waals surface area contributed by atoms with Gasteiger partial charge >= 0.3 is 5.88 Å². The lowest BCUT2D eigenvalue weighted by Gasteiger charge is -2.15. The van der Waals surface area contributed by atoms with E-state index in [2.05, 4.69) is 20.5 Å². The second-order valence-electron chi connectivity index (χ2n) is 7.15. The summed E-state index contributed by atoms with van der Waals surface area (Å²) in [6.07, 6.45) is 2.55. The van der Waals surface area contributed by atoms with Crippen molar-refractivity contribution in [3.8, 4) is 17.1 Å². The normalized spacial score (nSPS) is 14.6. The number of hydrogen-bond acceptors (Lipinski definition) is 9. The first kappa shape index (κ1) is 21.6. The van der Waals surface area contributed by atoms with Crippen molar-refractivity contribution in [2.45, 2.75) is 17.1 Å². The smallest absolute Gasteiger partial charge is 0.433 e. The molecule has 1 aliphatic heterocycles. The molecule has 2 aromatic heterocycles. The Balaban J connectivity index is 1.42. The molecule has 0 amide bonds. The van der Waals surface area contributed by atoms with Gasteiger partial charge in [-0.05, 0) is 35.9 Å². The molecule has 170 valence electrons.